The molecule has 6 rings (SSSR count). The Bertz CT molecular complexity index is 1150. The summed E-state index contributed by atoms with van der Waals surface area (Å²) in [6, 6.07) is 13.6. The van der Waals surface area contributed by atoms with E-state index >= 15 is 0 Å². The van der Waals surface area contributed by atoms with Crippen molar-refractivity contribution in [3.8, 4) is 11.3 Å². The second-order valence-electron chi connectivity index (χ2n) is 8.39. The van der Waals surface area contributed by atoms with Crippen molar-refractivity contribution >= 4 is 22.7 Å². The number of aromatic amines is 1. The van der Waals surface area contributed by atoms with E-state index in [1.807, 2.05) is 22.8 Å². The van der Waals surface area contributed by atoms with Crippen LogP contribution in [0.5, 0.6) is 0 Å². The first-order valence-electron chi connectivity index (χ1n) is 11.0. The van der Waals surface area contributed by atoms with Gasteiger partial charge in [-0.1, -0.05) is 6.42 Å². The van der Waals surface area contributed by atoms with E-state index in [2.05, 4.69) is 59.7 Å². The van der Waals surface area contributed by atoms with E-state index in [4.69, 9.17) is 0 Å². The number of nitrogens with one attached hydrogen (secondary N) is 2. The Kier molecular flexibility index (Phi) is 4.57. The van der Waals surface area contributed by atoms with Crippen LogP contribution < -0.4 is 10.2 Å². The molecule has 4 heterocycles. The Labute approximate surface area is 180 Å². The SMILES string of the molecule is c1nc2c(Nc3ccc(N4CCN(C5CCC5)CC4)cc3)ccc(-c3cn[nH]c3)n2n1. The van der Waals surface area contributed by atoms with Crippen molar-refractivity contribution in [2.45, 2.75) is 25.3 Å². The fourth-order valence-corrected chi connectivity index (χ4v) is 4.62. The summed E-state index contributed by atoms with van der Waals surface area (Å²) in [5.74, 6) is 0. The number of hydrogen-bond acceptors (Lipinski definition) is 6. The molecule has 1 saturated carbocycles. The lowest BCUT2D eigenvalue weighted by Crippen LogP contribution is -2.52. The fraction of sp³-hybridized carbons (Fsp3) is 0.348. The lowest BCUT2D eigenvalue weighted by molar-refractivity contribution is 0.120. The van der Waals surface area contributed by atoms with E-state index < -0.39 is 0 Å². The van der Waals surface area contributed by atoms with Crippen LogP contribution in [-0.4, -0.2) is 61.9 Å². The van der Waals surface area contributed by atoms with E-state index in [-0.39, 0.29) is 0 Å². The van der Waals surface area contributed by atoms with Crippen molar-refractivity contribution < 1.29 is 0 Å². The van der Waals surface area contributed by atoms with Gasteiger partial charge in [0.25, 0.3) is 0 Å². The highest BCUT2D eigenvalue weighted by atomic mass is 15.3. The molecule has 0 amide bonds. The van der Waals surface area contributed by atoms with Gasteiger partial charge in [0.2, 0.25) is 0 Å². The van der Waals surface area contributed by atoms with Crippen LogP contribution >= 0.6 is 0 Å². The maximum Gasteiger partial charge on any atom is 0.179 e. The number of H-pyrrole nitrogens is 1. The molecule has 0 atom stereocenters. The molecule has 8 nitrogen and oxygen atoms in total. The second kappa shape index (κ2) is 7.70. The van der Waals surface area contributed by atoms with Crippen LogP contribution in [0.4, 0.5) is 17.1 Å². The van der Waals surface area contributed by atoms with Crippen molar-refractivity contribution in [2.75, 3.05) is 36.4 Å². The van der Waals surface area contributed by atoms with Crippen LogP contribution in [0.15, 0.2) is 55.1 Å². The number of fused-ring (bicyclic) bond motifs is 1. The highest BCUT2D eigenvalue weighted by Gasteiger charge is 2.27. The Morgan fingerprint density at radius 1 is 0.968 bits per heavy atom. The van der Waals surface area contributed by atoms with Gasteiger partial charge in [-0.3, -0.25) is 10.00 Å². The summed E-state index contributed by atoms with van der Waals surface area (Å²) in [6.45, 7) is 4.58. The number of hydrogen-bond donors (Lipinski definition) is 2. The third-order valence-corrected chi connectivity index (χ3v) is 6.64. The summed E-state index contributed by atoms with van der Waals surface area (Å²) in [5, 5.41) is 14.8. The minimum Gasteiger partial charge on any atom is -0.369 e. The van der Waals surface area contributed by atoms with Crippen LogP contribution in [-0.2, 0) is 0 Å². The zero-order valence-electron chi connectivity index (χ0n) is 17.4. The number of anilines is 3. The van der Waals surface area contributed by atoms with Crippen molar-refractivity contribution in [2.24, 2.45) is 0 Å². The van der Waals surface area contributed by atoms with Crippen molar-refractivity contribution in [1.82, 2.24) is 29.7 Å². The predicted octanol–water partition coefficient (Wildman–Crippen LogP) is 3.54. The van der Waals surface area contributed by atoms with Crippen LogP contribution in [0, 0.1) is 0 Å². The molecule has 2 fully saturated rings. The molecule has 0 bridgehead atoms. The van der Waals surface area contributed by atoms with Crippen molar-refractivity contribution in [3.63, 3.8) is 0 Å². The van der Waals surface area contributed by atoms with E-state index in [1.165, 1.54) is 38.0 Å². The van der Waals surface area contributed by atoms with E-state index in [1.54, 1.807) is 12.5 Å². The van der Waals surface area contributed by atoms with Gasteiger partial charge < -0.3 is 10.2 Å². The molecule has 0 radical (unpaired) electrons. The maximum absolute atomic E-state index is 4.46. The average Bonchev–Trinajstić information content (AvgIpc) is 3.47. The molecule has 2 aliphatic rings. The summed E-state index contributed by atoms with van der Waals surface area (Å²) in [4.78, 5) is 9.62. The van der Waals surface area contributed by atoms with Crippen LogP contribution in [0.1, 0.15) is 19.3 Å². The molecule has 1 aromatic carbocycles. The van der Waals surface area contributed by atoms with Gasteiger partial charge in [0.1, 0.15) is 6.33 Å². The molecule has 158 valence electrons. The zero-order chi connectivity index (χ0) is 20.6. The number of benzene rings is 1. The predicted molar refractivity (Wildman–Crippen MR) is 122 cm³/mol. The molecular formula is C23H26N8. The molecule has 3 aromatic heterocycles. The van der Waals surface area contributed by atoms with Crippen molar-refractivity contribution in [3.05, 3.63) is 55.1 Å². The monoisotopic (exact) mass is 414 g/mol. The highest BCUT2D eigenvalue weighted by Crippen LogP contribution is 2.29. The van der Waals surface area contributed by atoms with Gasteiger partial charge in [0.05, 0.1) is 17.6 Å². The zero-order valence-corrected chi connectivity index (χ0v) is 17.4. The Morgan fingerprint density at radius 2 is 1.81 bits per heavy atom. The first-order chi connectivity index (χ1) is 15.3. The van der Waals surface area contributed by atoms with Crippen LogP contribution in [0.25, 0.3) is 16.9 Å². The Balaban J connectivity index is 1.17. The molecular weight excluding hydrogens is 388 g/mol. The van der Waals surface area contributed by atoms with Gasteiger partial charge >= 0.3 is 0 Å². The third kappa shape index (κ3) is 3.42. The first kappa shape index (κ1) is 18.4. The van der Waals surface area contributed by atoms with Gasteiger partial charge in [-0.05, 0) is 49.2 Å². The maximum atomic E-state index is 4.46. The smallest absolute Gasteiger partial charge is 0.179 e. The standard InChI is InChI=1S/C23H26N8/c1-2-19(3-1)29-10-12-30(13-11-29)20-6-4-18(5-7-20)28-21-8-9-22(17-14-25-26-15-17)31-23(21)24-16-27-31/h4-9,14-16,19,28H,1-3,10-13H2,(H,25,26). The molecule has 31 heavy (non-hydrogen) atoms. The molecule has 0 spiro atoms. The van der Waals surface area contributed by atoms with E-state index in [0.29, 0.717) is 0 Å². The van der Waals surface area contributed by atoms with Crippen LogP contribution in [0.2, 0.25) is 0 Å². The van der Waals surface area contributed by atoms with E-state index in [9.17, 15) is 0 Å². The molecule has 1 aliphatic carbocycles. The molecule has 4 aromatic rings. The van der Waals surface area contributed by atoms with Gasteiger partial charge in [0.15, 0.2) is 5.65 Å². The number of aromatic nitrogens is 5. The Morgan fingerprint density at radius 3 is 2.52 bits per heavy atom. The number of rotatable bonds is 5. The van der Waals surface area contributed by atoms with Crippen molar-refractivity contribution in [1.29, 1.82) is 0 Å². The lowest BCUT2D eigenvalue weighted by atomic mass is 9.91. The summed E-state index contributed by atoms with van der Waals surface area (Å²) >= 11 is 0. The number of pyridine rings is 1. The third-order valence-electron chi connectivity index (χ3n) is 6.64. The molecule has 0 unspecified atom stereocenters. The Hall–Kier alpha value is -3.39. The normalized spacial score (nSPS) is 17.7. The summed E-state index contributed by atoms with van der Waals surface area (Å²) in [7, 11) is 0. The van der Waals surface area contributed by atoms with Crippen LogP contribution in [0.3, 0.4) is 0 Å². The van der Waals surface area contributed by atoms with E-state index in [0.717, 1.165) is 47.4 Å². The topological polar surface area (TPSA) is 77.4 Å². The fourth-order valence-electron chi connectivity index (χ4n) is 4.62. The second-order valence-corrected chi connectivity index (χ2v) is 8.39. The summed E-state index contributed by atoms with van der Waals surface area (Å²) in [5.41, 5.74) is 5.97. The van der Waals surface area contributed by atoms with Gasteiger partial charge in [-0.15, -0.1) is 0 Å². The quantitative estimate of drug-likeness (QED) is 0.520. The average molecular weight is 415 g/mol. The number of nitrogens with zero attached hydrogens (tertiary/aromatic N) is 6. The summed E-state index contributed by atoms with van der Waals surface area (Å²) in [6.07, 6.45) is 9.41. The lowest BCUT2D eigenvalue weighted by Gasteiger charge is -2.43. The first-order valence-corrected chi connectivity index (χ1v) is 11.0. The molecule has 8 heteroatoms. The van der Waals surface area contributed by atoms with Gasteiger partial charge in [-0.25, -0.2) is 9.50 Å². The minimum absolute atomic E-state index is 0.787. The summed E-state index contributed by atoms with van der Waals surface area (Å²) < 4.78 is 1.84. The molecule has 2 N–H and O–H groups in total. The minimum atomic E-state index is 0.787. The van der Waals surface area contributed by atoms with Gasteiger partial charge in [-0.2, -0.15) is 10.2 Å². The number of piperazine rings is 1. The largest absolute Gasteiger partial charge is 0.369 e. The highest BCUT2D eigenvalue weighted by molar-refractivity contribution is 5.77. The molecule has 1 aliphatic heterocycles. The molecule has 1 saturated heterocycles. The van der Waals surface area contributed by atoms with Gasteiger partial charge in [0, 0.05) is 55.4 Å².